The normalized spacial score (nSPS) is 12.9. The number of benzene rings is 3. The summed E-state index contributed by atoms with van der Waals surface area (Å²) in [5.74, 6) is -2.71. The second kappa shape index (κ2) is 11.2. The standard InChI is InChI=1S/C33H28N4O6/c1-19-18-26(35(3)4)17-8-21(19)6-5-7-27-20(2)28-29(36(30(27)38)24-13-9-22(10-14-24)32(40)41)34-37(31(28)39)25-15-11-23(12-16-25)33(42)43/h5-18H,1-4H3,(H,40,41)(H,42,43)/b6-5?,27-7-. The molecule has 0 saturated carbocycles. The Morgan fingerprint density at radius 1 is 0.837 bits per heavy atom. The molecule has 10 heteroatoms. The summed E-state index contributed by atoms with van der Waals surface area (Å²) in [6.07, 6.45) is 5.29. The Labute approximate surface area is 246 Å². The van der Waals surface area contributed by atoms with Gasteiger partial charge in [-0.25, -0.2) is 9.59 Å². The highest BCUT2D eigenvalue weighted by molar-refractivity contribution is 6.08. The number of carboxylic acid groups (broad SMARTS) is 2. The first-order valence-corrected chi connectivity index (χ1v) is 13.3. The summed E-state index contributed by atoms with van der Waals surface area (Å²) in [5, 5.41) is 24.5. The van der Waals surface area contributed by atoms with E-state index in [-0.39, 0.29) is 27.4 Å². The molecule has 0 aliphatic carbocycles. The number of nitrogens with zero attached hydrogens (tertiary/aromatic N) is 4. The van der Waals surface area contributed by atoms with Crippen LogP contribution in [0.1, 0.15) is 47.8 Å². The van der Waals surface area contributed by atoms with Gasteiger partial charge in [0.1, 0.15) is 0 Å². The van der Waals surface area contributed by atoms with E-state index < -0.39 is 23.4 Å². The van der Waals surface area contributed by atoms with E-state index in [0.717, 1.165) is 21.8 Å². The van der Waals surface area contributed by atoms with E-state index in [4.69, 9.17) is 0 Å². The molecule has 1 aliphatic rings. The lowest BCUT2D eigenvalue weighted by Gasteiger charge is -2.13. The van der Waals surface area contributed by atoms with Crippen LogP contribution in [0, 0.1) is 13.8 Å². The molecule has 1 amide bonds. The fourth-order valence-electron chi connectivity index (χ4n) is 4.87. The molecule has 0 saturated heterocycles. The van der Waals surface area contributed by atoms with Crippen LogP contribution in [0.25, 0.3) is 17.8 Å². The van der Waals surface area contributed by atoms with Crippen LogP contribution in [-0.4, -0.2) is 46.7 Å². The summed E-state index contributed by atoms with van der Waals surface area (Å²) in [7, 11) is 3.93. The van der Waals surface area contributed by atoms with E-state index in [9.17, 15) is 29.4 Å². The first-order valence-electron chi connectivity index (χ1n) is 13.3. The van der Waals surface area contributed by atoms with Crippen LogP contribution in [-0.2, 0) is 0 Å². The van der Waals surface area contributed by atoms with Crippen LogP contribution in [0.4, 0.5) is 11.4 Å². The van der Waals surface area contributed by atoms with E-state index in [2.05, 4.69) is 11.2 Å². The fraction of sp³-hybridized carbons (Fsp3) is 0.121. The number of carbonyl (C=O) groups is 3. The number of fused-ring (bicyclic) bond motifs is 1. The summed E-state index contributed by atoms with van der Waals surface area (Å²) < 4.78 is 1.29. The van der Waals surface area contributed by atoms with Crippen molar-refractivity contribution in [2.24, 2.45) is 5.10 Å². The van der Waals surface area contributed by atoms with Gasteiger partial charge in [-0.3, -0.25) is 14.2 Å². The zero-order valence-electron chi connectivity index (χ0n) is 23.9. The lowest BCUT2D eigenvalue weighted by molar-refractivity contribution is 0.0686. The summed E-state index contributed by atoms with van der Waals surface area (Å²) >= 11 is 0. The van der Waals surface area contributed by atoms with Crippen molar-refractivity contribution in [3.05, 3.63) is 127 Å². The van der Waals surface area contributed by atoms with Gasteiger partial charge in [-0.05, 0) is 97.3 Å². The highest BCUT2D eigenvalue weighted by Crippen LogP contribution is 2.22. The second-order valence-electron chi connectivity index (χ2n) is 10.3. The van der Waals surface area contributed by atoms with E-state index in [1.807, 2.05) is 44.1 Å². The number of carbonyl (C=O) groups excluding carboxylic acids is 1. The summed E-state index contributed by atoms with van der Waals surface area (Å²) in [6, 6.07) is 17.4. The number of anilines is 2. The van der Waals surface area contributed by atoms with E-state index in [1.165, 1.54) is 53.1 Å². The first-order chi connectivity index (χ1) is 20.5. The number of rotatable bonds is 7. The maximum atomic E-state index is 14.0. The van der Waals surface area contributed by atoms with E-state index in [0.29, 0.717) is 16.9 Å². The number of amides is 1. The largest absolute Gasteiger partial charge is 0.478 e. The van der Waals surface area contributed by atoms with Gasteiger partial charge < -0.3 is 15.1 Å². The maximum absolute atomic E-state index is 14.0. The third kappa shape index (κ3) is 5.33. The molecule has 2 N–H and O–H groups in total. The predicted octanol–water partition coefficient (Wildman–Crippen LogP) is 3.61. The van der Waals surface area contributed by atoms with Crippen LogP contribution >= 0.6 is 0 Å². The average molecular weight is 577 g/mol. The van der Waals surface area contributed by atoms with Gasteiger partial charge in [0.05, 0.1) is 28.1 Å². The van der Waals surface area contributed by atoms with Crippen LogP contribution in [0.15, 0.2) is 82.7 Å². The molecule has 43 heavy (non-hydrogen) atoms. The molecule has 1 aromatic heterocycles. The molecule has 3 aromatic carbocycles. The van der Waals surface area contributed by atoms with Crippen LogP contribution < -0.4 is 26.2 Å². The van der Waals surface area contributed by atoms with Crippen LogP contribution in [0.3, 0.4) is 0 Å². The Balaban J connectivity index is 1.69. The number of hydrogen-bond acceptors (Lipinski definition) is 6. The SMILES string of the molecule is Cc1cc(N(C)C)ccc1C=C/C=c1/c(C)c2c(n(-c3ccc(C(=O)O)cc3)c1=O)=NN(c1ccc(C(=O)O)cc1)C2=O. The molecule has 0 unspecified atom stereocenters. The van der Waals surface area contributed by atoms with Crippen molar-refractivity contribution >= 4 is 41.4 Å². The molecule has 5 rings (SSSR count). The van der Waals surface area contributed by atoms with Crippen molar-refractivity contribution in [1.29, 1.82) is 0 Å². The zero-order chi connectivity index (χ0) is 31.0. The maximum Gasteiger partial charge on any atom is 0.335 e. The van der Waals surface area contributed by atoms with Gasteiger partial charge in [0.2, 0.25) is 0 Å². The van der Waals surface area contributed by atoms with Crippen LogP contribution in [0.2, 0.25) is 0 Å². The molecule has 0 fully saturated rings. The topological polar surface area (TPSA) is 133 Å². The molecule has 2 heterocycles. The minimum Gasteiger partial charge on any atom is -0.478 e. The third-order valence-corrected chi connectivity index (χ3v) is 7.29. The summed E-state index contributed by atoms with van der Waals surface area (Å²) in [6.45, 7) is 3.68. The third-order valence-electron chi connectivity index (χ3n) is 7.29. The minimum atomic E-state index is -1.11. The Bertz CT molecular complexity index is 2010. The zero-order valence-corrected chi connectivity index (χ0v) is 23.9. The molecular weight excluding hydrogens is 548 g/mol. The van der Waals surface area contributed by atoms with Crippen molar-refractivity contribution in [2.45, 2.75) is 13.8 Å². The van der Waals surface area contributed by atoms with Crippen molar-refractivity contribution in [1.82, 2.24) is 4.57 Å². The number of hydrogen-bond donors (Lipinski definition) is 2. The van der Waals surface area contributed by atoms with Crippen molar-refractivity contribution in [2.75, 3.05) is 24.0 Å². The number of allylic oxidation sites excluding steroid dienone is 1. The Morgan fingerprint density at radius 2 is 1.42 bits per heavy atom. The van der Waals surface area contributed by atoms with E-state index >= 15 is 0 Å². The molecule has 1 aliphatic heterocycles. The quantitative estimate of drug-likeness (QED) is 0.344. The molecule has 216 valence electrons. The first kappa shape index (κ1) is 28.7. The van der Waals surface area contributed by atoms with E-state index in [1.54, 1.807) is 19.1 Å². The lowest BCUT2D eigenvalue weighted by Crippen LogP contribution is -2.45. The fourth-order valence-corrected chi connectivity index (χ4v) is 4.87. The molecule has 0 atom stereocenters. The average Bonchev–Trinajstić information content (AvgIpc) is 3.32. The van der Waals surface area contributed by atoms with Gasteiger partial charge in [0.15, 0.2) is 5.49 Å². The number of pyridine rings is 1. The van der Waals surface area contributed by atoms with Crippen LogP contribution in [0.5, 0.6) is 0 Å². The highest BCUT2D eigenvalue weighted by atomic mass is 16.4. The molecular formula is C33H28N4O6. The monoisotopic (exact) mass is 576 g/mol. The number of carboxylic acids is 2. The Kier molecular flexibility index (Phi) is 7.52. The molecule has 10 nitrogen and oxygen atoms in total. The van der Waals surface area contributed by atoms with Crippen molar-refractivity contribution in [3.8, 4) is 5.69 Å². The molecule has 4 aromatic rings. The van der Waals surface area contributed by atoms with Crippen molar-refractivity contribution < 1.29 is 24.6 Å². The minimum absolute atomic E-state index is 0.0408. The lowest BCUT2D eigenvalue weighted by atomic mass is 10.1. The summed E-state index contributed by atoms with van der Waals surface area (Å²) in [4.78, 5) is 52.5. The highest BCUT2D eigenvalue weighted by Gasteiger charge is 2.31. The Morgan fingerprint density at radius 3 is 1.95 bits per heavy atom. The summed E-state index contributed by atoms with van der Waals surface area (Å²) in [5.41, 5.74) is 4.12. The van der Waals surface area contributed by atoms with Gasteiger partial charge in [-0.2, -0.15) is 5.01 Å². The van der Waals surface area contributed by atoms with Crippen molar-refractivity contribution in [3.63, 3.8) is 0 Å². The number of aromatic nitrogens is 1. The smallest absolute Gasteiger partial charge is 0.335 e. The molecule has 0 spiro atoms. The van der Waals surface area contributed by atoms with Gasteiger partial charge in [0, 0.05) is 25.0 Å². The van der Waals surface area contributed by atoms with Gasteiger partial charge >= 0.3 is 11.9 Å². The van der Waals surface area contributed by atoms with Gasteiger partial charge in [-0.15, -0.1) is 5.10 Å². The molecule has 0 bridgehead atoms. The van der Waals surface area contributed by atoms with Gasteiger partial charge in [-0.1, -0.05) is 18.2 Å². The van der Waals surface area contributed by atoms with Gasteiger partial charge in [0.25, 0.3) is 11.5 Å². The number of aromatic carboxylic acids is 2. The molecule has 0 radical (unpaired) electrons. The Hall–Kier alpha value is -5.77. The number of aryl methyl sites for hydroxylation is 1. The predicted molar refractivity (Wildman–Crippen MR) is 164 cm³/mol. The second-order valence-corrected chi connectivity index (χ2v) is 10.3.